The van der Waals surface area contributed by atoms with E-state index in [1.165, 1.54) is 36.4 Å². The second-order valence-electron chi connectivity index (χ2n) is 10.2. The van der Waals surface area contributed by atoms with Crippen molar-refractivity contribution in [3.63, 3.8) is 0 Å². The maximum atomic E-state index is 14.2. The van der Waals surface area contributed by atoms with Gasteiger partial charge in [-0.05, 0) is 72.9 Å². The monoisotopic (exact) mass is 577 g/mol. The van der Waals surface area contributed by atoms with Crippen molar-refractivity contribution in [2.45, 2.75) is 49.9 Å². The summed E-state index contributed by atoms with van der Waals surface area (Å²) in [4.78, 5) is 12.1. The van der Waals surface area contributed by atoms with Gasteiger partial charge in [0.25, 0.3) is 10.0 Å². The van der Waals surface area contributed by atoms with E-state index < -0.39 is 51.8 Å². The number of sulfonamides is 1. The lowest BCUT2D eigenvalue weighted by Gasteiger charge is -2.45. The van der Waals surface area contributed by atoms with Gasteiger partial charge in [-0.15, -0.1) is 0 Å². The Morgan fingerprint density at radius 3 is 2.52 bits per heavy atom. The van der Waals surface area contributed by atoms with E-state index in [1.54, 1.807) is 19.1 Å². The lowest BCUT2D eigenvalue weighted by Crippen LogP contribution is -2.52. The van der Waals surface area contributed by atoms with E-state index in [1.807, 2.05) is 0 Å². The van der Waals surface area contributed by atoms with E-state index in [9.17, 15) is 36.6 Å². The molecule has 212 valence electrons. The van der Waals surface area contributed by atoms with E-state index in [4.69, 9.17) is 4.74 Å². The molecule has 8 nitrogen and oxygen atoms in total. The van der Waals surface area contributed by atoms with Crippen molar-refractivity contribution in [3.8, 4) is 22.6 Å². The average Bonchev–Trinajstić information content (AvgIpc) is 2.86. The van der Waals surface area contributed by atoms with Gasteiger partial charge in [0.15, 0.2) is 0 Å². The van der Waals surface area contributed by atoms with Gasteiger partial charge in [-0.1, -0.05) is 18.2 Å². The molecule has 12 heteroatoms. The fourth-order valence-corrected chi connectivity index (χ4v) is 6.94. The van der Waals surface area contributed by atoms with Crippen molar-refractivity contribution in [1.82, 2.24) is 0 Å². The summed E-state index contributed by atoms with van der Waals surface area (Å²) in [6.07, 6.45) is -1.57. The molecular weight excluding hydrogens is 551 g/mol. The summed E-state index contributed by atoms with van der Waals surface area (Å²) in [6, 6.07) is 13.8. The molecule has 3 aromatic carbocycles. The zero-order valence-corrected chi connectivity index (χ0v) is 22.1. The second-order valence-corrected chi connectivity index (χ2v) is 12.0. The fraction of sp³-hybridized carbons (Fsp3) is 0.321. The van der Waals surface area contributed by atoms with Gasteiger partial charge in [0.2, 0.25) is 0 Å². The number of anilines is 1. The highest BCUT2D eigenvalue weighted by Gasteiger charge is 2.52. The minimum atomic E-state index is -4.18. The maximum absolute atomic E-state index is 14.2. The van der Waals surface area contributed by atoms with Gasteiger partial charge in [0.1, 0.15) is 23.4 Å². The summed E-state index contributed by atoms with van der Waals surface area (Å²) in [5.74, 6) is -2.17. The first kappa shape index (κ1) is 27.8. The van der Waals surface area contributed by atoms with E-state index >= 15 is 0 Å². The number of hydrogen-bond donors (Lipinski definition) is 2. The first-order valence-electron chi connectivity index (χ1n) is 12.4. The first-order chi connectivity index (χ1) is 18.9. The standard InChI is InChI=1S/C28H26F3NO7S/c1-16-3-2-4-23(7-16)40(36,37)32-15-22(14-28(26(34)35)12-20(33)13-28)38-25-6-5-17(10-24(25)32)18-8-19(29)11-21(9-18)39-27(30)31/h2-11,20,22,27,33H,12-15H2,1H3,(H,34,35)/t20?,22-,28?/m0/s1. The van der Waals surface area contributed by atoms with Crippen LogP contribution in [-0.2, 0) is 14.8 Å². The highest BCUT2D eigenvalue weighted by molar-refractivity contribution is 7.92. The molecule has 2 aliphatic rings. The van der Waals surface area contributed by atoms with Gasteiger partial charge in [-0.2, -0.15) is 8.78 Å². The molecule has 40 heavy (non-hydrogen) atoms. The van der Waals surface area contributed by atoms with E-state index in [-0.39, 0.29) is 47.7 Å². The molecule has 1 aliphatic carbocycles. The molecule has 1 heterocycles. The Kier molecular flexibility index (Phi) is 7.17. The van der Waals surface area contributed by atoms with Gasteiger partial charge in [-0.3, -0.25) is 9.10 Å². The number of aryl methyl sites for hydroxylation is 1. The van der Waals surface area contributed by atoms with Crippen LogP contribution in [0.4, 0.5) is 18.9 Å². The number of nitrogens with zero attached hydrogens (tertiary/aromatic N) is 1. The summed E-state index contributed by atoms with van der Waals surface area (Å²) in [5, 5.41) is 19.7. The van der Waals surface area contributed by atoms with Crippen LogP contribution in [0.1, 0.15) is 24.8 Å². The van der Waals surface area contributed by atoms with E-state index in [0.717, 1.165) is 16.4 Å². The predicted molar refractivity (Wildman–Crippen MR) is 139 cm³/mol. The zero-order valence-electron chi connectivity index (χ0n) is 21.3. The number of halogens is 3. The molecule has 0 bridgehead atoms. The Morgan fingerprint density at radius 2 is 1.88 bits per heavy atom. The van der Waals surface area contributed by atoms with Crippen LogP contribution in [0.25, 0.3) is 11.1 Å². The molecule has 1 aliphatic heterocycles. The molecule has 0 amide bonds. The van der Waals surface area contributed by atoms with Crippen LogP contribution in [-0.4, -0.2) is 50.0 Å². The molecule has 1 fully saturated rings. The molecular formula is C28H26F3NO7S. The number of fused-ring (bicyclic) bond motifs is 1. The minimum absolute atomic E-state index is 0.00916. The largest absolute Gasteiger partial charge is 0.486 e. The number of carbonyl (C=O) groups is 1. The SMILES string of the molecule is Cc1cccc(S(=O)(=O)N2C[C@H](CC3(C(=O)O)CC(O)C3)Oc3ccc(-c4cc(F)cc(OC(F)F)c4)cc32)c1. The summed E-state index contributed by atoms with van der Waals surface area (Å²) < 4.78 is 79.1. The van der Waals surface area contributed by atoms with Crippen molar-refractivity contribution >= 4 is 21.7 Å². The molecule has 1 saturated carbocycles. The molecule has 0 saturated heterocycles. The number of ether oxygens (including phenoxy) is 2. The van der Waals surface area contributed by atoms with Crippen LogP contribution < -0.4 is 13.8 Å². The number of carboxylic acid groups (broad SMARTS) is 1. The molecule has 1 atom stereocenters. The van der Waals surface area contributed by atoms with Gasteiger partial charge in [0.05, 0.1) is 28.6 Å². The number of benzene rings is 3. The van der Waals surface area contributed by atoms with Crippen LogP contribution >= 0.6 is 0 Å². The predicted octanol–water partition coefficient (Wildman–Crippen LogP) is 4.97. The normalized spacial score (nSPS) is 22.3. The Bertz CT molecular complexity index is 1560. The minimum Gasteiger partial charge on any atom is -0.486 e. The molecule has 0 radical (unpaired) electrons. The molecule has 3 aromatic rings. The Balaban J connectivity index is 1.58. The third kappa shape index (κ3) is 5.33. The van der Waals surface area contributed by atoms with E-state index in [0.29, 0.717) is 11.1 Å². The highest BCUT2D eigenvalue weighted by Crippen LogP contribution is 2.48. The average molecular weight is 578 g/mol. The summed E-state index contributed by atoms with van der Waals surface area (Å²) in [7, 11) is -4.18. The van der Waals surface area contributed by atoms with Crippen LogP contribution in [0.15, 0.2) is 65.6 Å². The summed E-state index contributed by atoms with van der Waals surface area (Å²) in [6.45, 7) is -1.64. The van der Waals surface area contributed by atoms with E-state index in [2.05, 4.69) is 4.74 Å². The molecule has 2 N–H and O–H groups in total. The van der Waals surface area contributed by atoms with Crippen LogP contribution in [0.2, 0.25) is 0 Å². The highest BCUT2D eigenvalue weighted by atomic mass is 32.2. The Labute approximate surface area is 228 Å². The van der Waals surface area contributed by atoms with Crippen LogP contribution in [0.5, 0.6) is 11.5 Å². The van der Waals surface area contributed by atoms with Gasteiger partial charge in [0, 0.05) is 12.5 Å². The second kappa shape index (κ2) is 10.3. The Morgan fingerprint density at radius 1 is 1.12 bits per heavy atom. The number of aliphatic hydroxyl groups excluding tert-OH is 1. The summed E-state index contributed by atoms with van der Waals surface area (Å²) >= 11 is 0. The third-order valence-electron chi connectivity index (χ3n) is 7.22. The Hall–Kier alpha value is -3.77. The lowest BCUT2D eigenvalue weighted by molar-refractivity contribution is -0.166. The van der Waals surface area contributed by atoms with Crippen molar-refractivity contribution in [2.75, 3.05) is 10.8 Å². The van der Waals surface area contributed by atoms with Gasteiger partial charge < -0.3 is 19.7 Å². The maximum Gasteiger partial charge on any atom is 0.387 e. The number of rotatable bonds is 8. The number of hydrogen-bond acceptors (Lipinski definition) is 6. The fourth-order valence-electron chi connectivity index (χ4n) is 5.34. The number of alkyl halides is 2. The lowest BCUT2D eigenvalue weighted by atomic mass is 9.63. The van der Waals surface area contributed by atoms with Crippen molar-refractivity contribution in [2.24, 2.45) is 5.41 Å². The van der Waals surface area contributed by atoms with Gasteiger partial charge in [-0.25, -0.2) is 12.8 Å². The zero-order chi connectivity index (χ0) is 28.8. The molecule has 0 aromatic heterocycles. The quantitative estimate of drug-likeness (QED) is 0.389. The first-order valence-corrected chi connectivity index (χ1v) is 13.9. The topological polar surface area (TPSA) is 113 Å². The van der Waals surface area contributed by atoms with Crippen LogP contribution in [0, 0.1) is 18.2 Å². The van der Waals surface area contributed by atoms with Crippen LogP contribution in [0.3, 0.4) is 0 Å². The molecule has 0 spiro atoms. The van der Waals surface area contributed by atoms with Crippen molar-refractivity contribution < 1.29 is 46.1 Å². The summed E-state index contributed by atoms with van der Waals surface area (Å²) in [5.41, 5.74) is 0.0613. The molecule has 5 rings (SSSR count). The van der Waals surface area contributed by atoms with Gasteiger partial charge >= 0.3 is 12.6 Å². The van der Waals surface area contributed by atoms with Crippen molar-refractivity contribution in [1.29, 1.82) is 0 Å². The van der Waals surface area contributed by atoms with Crippen molar-refractivity contribution in [3.05, 3.63) is 72.0 Å². The third-order valence-corrected chi connectivity index (χ3v) is 9.00. The number of carboxylic acids is 1. The number of aliphatic hydroxyl groups is 1. The smallest absolute Gasteiger partial charge is 0.387 e. The number of aliphatic carboxylic acids is 1. The molecule has 0 unspecified atom stereocenters.